The third-order valence-electron chi connectivity index (χ3n) is 9.06. The number of para-hydroxylation sites is 1. The summed E-state index contributed by atoms with van der Waals surface area (Å²) < 4.78 is 3.09. The summed E-state index contributed by atoms with van der Waals surface area (Å²) >= 11 is 0. The van der Waals surface area contributed by atoms with E-state index in [4.69, 9.17) is 0 Å². The van der Waals surface area contributed by atoms with E-state index in [1.54, 1.807) is 55.1 Å². The number of imide groups is 1. The van der Waals surface area contributed by atoms with Crippen molar-refractivity contribution in [2.45, 2.75) is 24.9 Å². The maximum absolute atomic E-state index is 14.1. The molecule has 2 amide bonds. The molecular formula is C34H31N5O7. The van der Waals surface area contributed by atoms with E-state index < -0.39 is 51.7 Å². The van der Waals surface area contributed by atoms with E-state index in [0.717, 1.165) is 10.5 Å². The molecule has 3 aromatic carbocycles. The number of nitrogens with one attached hydrogen (secondary N) is 1. The van der Waals surface area contributed by atoms with Crippen LogP contribution >= 0.6 is 0 Å². The van der Waals surface area contributed by atoms with Gasteiger partial charge in [-0.05, 0) is 30.2 Å². The van der Waals surface area contributed by atoms with Crippen LogP contribution in [0.15, 0.2) is 95.8 Å². The minimum absolute atomic E-state index is 0.0818. The van der Waals surface area contributed by atoms with Gasteiger partial charge in [-0.2, -0.15) is 0 Å². The first kappa shape index (κ1) is 30.4. The van der Waals surface area contributed by atoms with Crippen molar-refractivity contribution in [2.75, 3.05) is 6.54 Å². The van der Waals surface area contributed by atoms with Crippen LogP contribution in [0.25, 0.3) is 11.8 Å². The summed E-state index contributed by atoms with van der Waals surface area (Å²) in [5.74, 6) is -5.16. The van der Waals surface area contributed by atoms with Crippen molar-refractivity contribution < 1.29 is 24.4 Å². The van der Waals surface area contributed by atoms with Crippen LogP contribution in [-0.2, 0) is 27.9 Å². The first-order valence-corrected chi connectivity index (χ1v) is 14.7. The molecule has 4 aromatic rings. The number of carbonyl (C=O) groups excluding carboxylic acids is 2. The lowest BCUT2D eigenvalue weighted by atomic mass is 9.76. The van der Waals surface area contributed by atoms with Gasteiger partial charge in [0.05, 0.1) is 34.1 Å². The van der Waals surface area contributed by atoms with Crippen molar-refractivity contribution in [1.29, 1.82) is 0 Å². The number of hydrogen-bond acceptors (Lipinski definition) is 7. The fourth-order valence-corrected chi connectivity index (χ4v) is 6.79. The Morgan fingerprint density at radius 3 is 2.22 bits per heavy atom. The zero-order valence-corrected chi connectivity index (χ0v) is 25.1. The molecule has 0 bridgehead atoms. The Morgan fingerprint density at radius 2 is 1.61 bits per heavy atom. The van der Waals surface area contributed by atoms with Gasteiger partial charge in [0.1, 0.15) is 5.54 Å². The molecule has 4 atom stereocenters. The van der Waals surface area contributed by atoms with Gasteiger partial charge in [-0.3, -0.25) is 44.2 Å². The molecular weight excluding hydrogens is 590 g/mol. The number of benzene rings is 3. The highest BCUT2D eigenvalue weighted by Gasteiger charge is 2.68. The van der Waals surface area contributed by atoms with Crippen LogP contribution in [0.3, 0.4) is 0 Å². The van der Waals surface area contributed by atoms with Gasteiger partial charge in [0.2, 0.25) is 11.8 Å². The quantitative estimate of drug-likeness (QED) is 0.164. The second kappa shape index (κ2) is 11.7. The van der Waals surface area contributed by atoms with Crippen molar-refractivity contribution in [3.8, 4) is 5.69 Å². The van der Waals surface area contributed by atoms with Crippen molar-refractivity contribution in [3.63, 3.8) is 0 Å². The molecule has 0 spiro atoms. The molecule has 2 saturated heterocycles. The number of aliphatic carboxylic acids is 1. The largest absolute Gasteiger partial charge is 0.480 e. The second-order valence-electron chi connectivity index (χ2n) is 11.6. The Bertz CT molecular complexity index is 1930. The van der Waals surface area contributed by atoms with Crippen LogP contribution in [0.2, 0.25) is 0 Å². The standard InChI is InChI=1S/C34H31N5O7/c1-21-26(31(41)38(36(21)2)24-13-7-4-8-14-24)29-27-28(32(42)37(30(27)40)19-9-12-22-10-5-3-6-11-22)34(35-29,33(43)44)20-23-15-17-25(18-16-23)39(45)46/h3-18,27-29,35H,19-20H2,1-2H3,(H,43,44)/b12-9-. The highest BCUT2D eigenvalue weighted by atomic mass is 16.6. The van der Waals surface area contributed by atoms with Crippen molar-refractivity contribution >= 4 is 29.5 Å². The molecule has 3 heterocycles. The van der Waals surface area contributed by atoms with Crippen LogP contribution in [-0.4, -0.2) is 54.2 Å². The molecule has 2 N–H and O–H groups in total. The first-order chi connectivity index (χ1) is 22.0. The van der Waals surface area contributed by atoms with Crippen molar-refractivity contribution in [3.05, 3.63) is 134 Å². The van der Waals surface area contributed by atoms with Crippen molar-refractivity contribution in [2.24, 2.45) is 18.9 Å². The van der Waals surface area contributed by atoms with Crippen LogP contribution < -0.4 is 10.9 Å². The SMILES string of the molecule is Cc1c(C2NC(Cc3ccc([N+](=O)[O-])cc3)(C(=O)O)C3C(=O)N(C/C=C\c4ccccc4)C(=O)C23)c(=O)n(-c2ccccc2)n1C. The molecule has 0 aliphatic carbocycles. The molecule has 12 nitrogen and oxygen atoms in total. The molecule has 1 aromatic heterocycles. The average Bonchev–Trinajstić information content (AvgIpc) is 3.60. The molecule has 2 fully saturated rings. The van der Waals surface area contributed by atoms with Crippen LogP contribution in [0.4, 0.5) is 5.69 Å². The highest BCUT2D eigenvalue weighted by molar-refractivity contribution is 6.09. The number of carboxylic acid groups (broad SMARTS) is 1. The maximum Gasteiger partial charge on any atom is 0.325 e. The summed E-state index contributed by atoms with van der Waals surface area (Å²) in [7, 11) is 1.70. The minimum Gasteiger partial charge on any atom is -0.480 e. The maximum atomic E-state index is 14.1. The summed E-state index contributed by atoms with van der Waals surface area (Å²) in [4.78, 5) is 67.4. The third-order valence-corrected chi connectivity index (χ3v) is 9.06. The lowest BCUT2D eigenvalue weighted by molar-refractivity contribution is -0.384. The van der Waals surface area contributed by atoms with Gasteiger partial charge >= 0.3 is 5.97 Å². The number of likely N-dealkylation sites (tertiary alicyclic amines) is 1. The number of fused-ring (bicyclic) bond motifs is 1. The number of non-ortho nitro benzene ring substituents is 1. The topological polar surface area (TPSA) is 157 Å². The fraction of sp³-hybridized carbons (Fsp3) is 0.235. The Hall–Kier alpha value is -5.62. The van der Waals surface area contributed by atoms with Crippen LogP contribution in [0, 0.1) is 28.9 Å². The monoisotopic (exact) mass is 621 g/mol. The van der Waals surface area contributed by atoms with Crippen LogP contribution in [0.5, 0.6) is 0 Å². The highest BCUT2D eigenvalue weighted by Crippen LogP contribution is 2.50. The van der Waals surface area contributed by atoms with Gasteiger partial charge in [0.25, 0.3) is 11.2 Å². The third kappa shape index (κ3) is 4.92. The van der Waals surface area contributed by atoms with E-state index in [0.29, 0.717) is 16.9 Å². The number of carbonyl (C=O) groups is 3. The number of rotatable bonds is 9. The molecule has 2 aliphatic rings. The molecule has 4 unspecified atom stereocenters. The van der Waals surface area contributed by atoms with Gasteiger partial charge in [-0.1, -0.05) is 72.8 Å². The van der Waals surface area contributed by atoms with E-state index in [2.05, 4.69) is 5.32 Å². The van der Waals surface area contributed by atoms with Gasteiger partial charge < -0.3 is 5.11 Å². The lowest BCUT2D eigenvalue weighted by Gasteiger charge is -2.31. The summed E-state index contributed by atoms with van der Waals surface area (Å²) in [5, 5.41) is 25.2. The molecule has 46 heavy (non-hydrogen) atoms. The average molecular weight is 622 g/mol. The summed E-state index contributed by atoms with van der Waals surface area (Å²) in [6.45, 7) is 1.63. The molecule has 0 saturated carbocycles. The molecule has 234 valence electrons. The lowest BCUT2D eigenvalue weighted by Crippen LogP contribution is -2.57. The molecule has 6 rings (SSSR count). The molecule has 0 radical (unpaired) electrons. The number of amides is 2. The van der Waals surface area contributed by atoms with Gasteiger partial charge in [0.15, 0.2) is 0 Å². The predicted octanol–water partition coefficient (Wildman–Crippen LogP) is 3.42. The van der Waals surface area contributed by atoms with E-state index in [9.17, 15) is 34.4 Å². The smallest absolute Gasteiger partial charge is 0.325 e. The Balaban J connectivity index is 1.46. The first-order valence-electron chi connectivity index (χ1n) is 14.7. The zero-order chi connectivity index (χ0) is 32.7. The number of nitro groups is 1. The number of nitrogens with zero attached hydrogens (tertiary/aromatic N) is 4. The minimum atomic E-state index is -2.00. The Kier molecular flexibility index (Phi) is 7.74. The van der Waals surface area contributed by atoms with E-state index >= 15 is 0 Å². The Morgan fingerprint density at radius 1 is 0.978 bits per heavy atom. The van der Waals surface area contributed by atoms with Gasteiger partial charge in [-0.15, -0.1) is 0 Å². The summed E-state index contributed by atoms with van der Waals surface area (Å²) in [6, 6.07) is 22.5. The second-order valence-corrected chi connectivity index (χ2v) is 11.6. The van der Waals surface area contributed by atoms with E-state index in [1.807, 2.05) is 36.4 Å². The van der Waals surface area contributed by atoms with Crippen molar-refractivity contribution in [1.82, 2.24) is 19.6 Å². The van der Waals surface area contributed by atoms with E-state index in [1.165, 1.54) is 28.9 Å². The normalized spacial score (nSPS) is 22.5. The number of hydrogen-bond donors (Lipinski definition) is 2. The van der Waals surface area contributed by atoms with E-state index in [-0.39, 0.29) is 24.2 Å². The zero-order valence-electron chi connectivity index (χ0n) is 25.1. The number of aromatic nitrogens is 2. The predicted molar refractivity (Wildman–Crippen MR) is 168 cm³/mol. The summed E-state index contributed by atoms with van der Waals surface area (Å²) in [5.41, 5.74) is -0.0664. The number of carboxylic acids is 1. The summed E-state index contributed by atoms with van der Waals surface area (Å²) in [6.07, 6.45) is 3.18. The molecule has 2 aliphatic heterocycles. The number of nitro benzene ring substituents is 1. The fourth-order valence-electron chi connectivity index (χ4n) is 6.79. The van der Waals surface area contributed by atoms with Gasteiger partial charge in [0, 0.05) is 37.8 Å². The van der Waals surface area contributed by atoms with Gasteiger partial charge in [-0.25, -0.2) is 4.68 Å². The van der Waals surface area contributed by atoms with Crippen LogP contribution in [0.1, 0.15) is 28.4 Å². The molecule has 12 heteroatoms. The Labute approximate surface area is 263 Å².